The highest BCUT2D eigenvalue weighted by Gasteiger charge is 2.46. The highest BCUT2D eigenvalue weighted by molar-refractivity contribution is 5.93. The Kier molecular flexibility index (Phi) is 4.79. The molecule has 1 atom stereocenters. The molecule has 3 aliphatic rings. The van der Waals surface area contributed by atoms with Gasteiger partial charge in [-0.3, -0.25) is 9.69 Å². The molecule has 12 nitrogen and oxygen atoms in total. The maximum atomic E-state index is 13.0. The fourth-order valence-electron chi connectivity index (χ4n) is 4.08. The summed E-state index contributed by atoms with van der Waals surface area (Å²) in [7, 11) is 0. The van der Waals surface area contributed by atoms with Crippen molar-refractivity contribution in [1.29, 1.82) is 0 Å². The lowest BCUT2D eigenvalue weighted by Gasteiger charge is -2.38. The van der Waals surface area contributed by atoms with E-state index in [0.29, 0.717) is 49.7 Å². The highest BCUT2D eigenvalue weighted by Crippen LogP contribution is 2.41. The summed E-state index contributed by atoms with van der Waals surface area (Å²) in [5.74, 6) is 0.0118. The minimum absolute atomic E-state index is 0.0266. The van der Waals surface area contributed by atoms with Crippen LogP contribution < -0.4 is 0 Å². The number of carbonyl (C=O) groups excluding carboxylic acids is 2. The zero-order chi connectivity index (χ0) is 21.4. The van der Waals surface area contributed by atoms with Crippen LogP contribution in [0.15, 0.2) is 42.5 Å². The van der Waals surface area contributed by atoms with Gasteiger partial charge in [-0.1, -0.05) is 6.08 Å². The van der Waals surface area contributed by atoms with Gasteiger partial charge in [-0.2, -0.15) is 9.78 Å². The summed E-state index contributed by atoms with van der Waals surface area (Å²) in [6, 6.07) is 3.38. The molecule has 1 spiro atoms. The molecule has 2 aromatic rings. The van der Waals surface area contributed by atoms with Crippen molar-refractivity contribution in [3.8, 4) is 5.82 Å². The quantitative estimate of drug-likeness (QED) is 0.617. The van der Waals surface area contributed by atoms with Crippen LogP contribution in [0.2, 0.25) is 0 Å². The van der Waals surface area contributed by atoms with Gasteiger partial charge < -0.3 is 14.7 Å². The Bertz CT molecular complexity index is 1040. The zero-order valence-corrected chi connectivity index (χ0v) is 16.5. The molecule has 160 valence electrons. The average molecular weight is 424 g/mol. The molecule has 1 amide bonds. The van der Waals surface area contributed by atoms with Gasteiger partial charge in [0.1, 0.15) is 19.0 Å². The topological polar surface area (TPSA) is 139 Å². The van der Waals surface area contributed by atoms with Crippen LogP contribution in [0.1, 0.15) is 24.6 Å². The Morgan fingerprint density at radius 3 is 2.68 bits per heavy atom. The third-order valence-corrected chi connectivity index (χ3v) is 5.92. The van der Waals surface area contributed by atoms with Crippen LogP contribution in [-0.4, -0.2) is 83.4 Å². The number of amides is 1. The minimum atomic E-state index is -0.803. The van der Waals surface area contributed by atoms with Crippen LogP contribution in [0.4, 0.5) is 0 Å². The first kappa shape index (κ1) is 19.5. The molecule has 0 aliphatic carbocycles. The third-order valence-electron chi connectivity index (χ3n) is 5.92. The van der Waals surface area contributed by atoms with Crippen molar-refractivity contribution in [2.24, 2.45) is 5.41 Å². The molecule has 1 saturated heterocycles. The first-order chi connectivity index (χ1) is 15.0. The number of aliphatic hydroxyl groups excluding tert-OH is 1. The fraction of sp³-hybridized carbons (Fsp3) is 0.421. The molecule has 12 heteroatoms. The minimum Gasteiger partial charge on any atom is -0.456 e. The number of piperidine rings is 1. The normalized spacial score (nSPS) is 21.6. The van der Waals surface area contributed by atoms with Crippen LogP contribution in [-0.2, 0) is 14.3 Å². The van der Waals surface area contributed by atoms with Gasteiger partial charge in [0, 0.05) is 18.8 Å². The standard InChI is InChI=1S/C19H20N8O4/c28-15(14-1-2-16(22-21-14)27-12-20-23-24-27)10-25-6-3-19(4-7-25)5-8-26(18(19)30)13-9-17(29)31-11-13/h1-2,5,8-9,12,15,28H,3-4,6-7,10-11H2/t15-/m0/s1. The number of tetrazole rings is 1. The fourth-order valence-corrected chi connectivity index (χ4v) is 4.08. The van der Waals surface area contributed by atoms with Crippen LogP contribution in [0.3, 0.4) is 0 Å². The highest BCUT2D eigenvalue weighted by atomic mass is 16.5. The number of rotatable bonds is 5. The van der Waals surface area contributed by atoms with Gasteiger partial charge >= 0.3 is 5.97 Å². The molecule has 1 N–H and O–H groups in total. The number of aromatic nitrogens is 6. The molecule has 5 rings (SSSR count). The van der Waals surface area contributed by atoms with Crippen molar-refractivity contribution in [2.75, 3.05) is 26.2 Å². The maximum Gasteiger partial charge on any atom is 0.333 e. The predicted molar refractivity (Wildman–Crippen MR) is 103 cm³/mol. The van der Waals surface area contributed by atoms with Crippen molar-refractivity contribution in [3.63, 3.8) is 0 Å². The Morgan fingerprint density at radius 2 is 2.03 bits per heavy atom. The molecule has 0 saturated carbocycles. The van der Waals surface area contributed by atoms with Crippen LogP contribution in [0.25, 0.3) is 5.82 Å². The lowest BCUT2D eigenvalue weighted by atomic mass is 9.78. The lowest BCUT2D eigenvalue weighted by molar-refractivity contribution is -0.137. The predicted octanol–water partition coefficient (Wildman–Crippen LogP) is -0.635. The van der Waals surface area contributed by atoms with E-state index in [1.807, 2.05) is 6.08 Å². The van der Waals surface area contributed by atoms with Gasteiger partial charge in [-0.25, -0.2) is 4.79 Å². The molecular formula is C19H20N8O4. The summed E-state index contributed by atoms with van der Waals surface area (Å²) >= 11 is 0. The third kappa shape index (κ3) is 3.59. The molecule has 2 aromatic heterocycles. The number of hydrogen-bond acceptors (Lipinski definition) is 10. The number of β-amino-alcohol motifs (C(OH)–C–C–N with tert-alkyl or cyclic N) is 1. The van der Waals surface area contributed by atoms with Gasteiger partial charge in [0.15, 0.2) is 5.82 Å². The Morgan fingerprint density at radius 1 is 1.19 bits per heavy atom. The number of carbonyl (C=O) groups is 2. The van der Waals surface area contributed by atoms with E-state index in [4.69, 9.17) is 4.74 Å². The Balaban J connectivity index is 1.18. The number of aliphatic hydroxyl groups is 1. The van der Waals surface area contributed by atoms with E-state index in [2.05, 4.69) is 30.6 Å². The van der Waals surface area contributed by atoms with Crippen LogP contribution >= 0.6 is 0 Å². The first-order valence-electron chi connectivity index (χ1n) is 9.92. The molecule has 5 heterocycles. The monoisotopic (exact) mass is 424 g/mol. The van der Waals surface area contributed by atoms with Gasteiger partial charge in [-0.05, 0) is 48.5 Å². The summed E-state index contributed by atoms with van der Waals surface area (Å²) < 4.78 is 6.30. The van der Waals surface area contributed by atoms with E-state index >= 15 is 0 Å². The first-order valence-corrected chi connectivity index (χ1v) is 9.92. The van der Waals surface area contributed by atoms with Crippen LogP contribution in [0.5, 0.6) is 0 Å². The zero-order valence-electron chi connectivity index (χ0n) is 16.5. The van der Waals surface area contributed by atoms with Gasteiger partial charge in [0.2, 0.25) is 5.91 Å². The molecular weight excluding hydrogens is 404 g/mol. The van der Waals surface area contributed by atoms with Crippen molar-refractivity contribution < 1.29 is 19.4 Å². The van der Waals surface area contributed by atoms with E-state index in [-0.39, 0.29) is 12.5 Å². The van der Waals surface area contributed by atoms with E-state index in [0.717, 1.165) is 0 Å². The van der Waals surface area contributed by atoms with E-state index in [1.54, 1.807) is 18.3 Å². The second kappa shape index (κ2) is 7.63. The second-order valence-corrected chi connectivity index (χ2v) is 7.78. The lowest BCUT2D eigenvalue weighted by Crippen LogP contribution is -2.46. The Hall–Kier alpha value is -3.51. The molecule has 0 bridgehead atoms. The summed E-state index contributed by atoms with van der Waals surface area (Å²) in [5, 5.41) is 29.6. The SMILES string of the molecule is O=C1C=C(N2C=CC3(CCN(C[C@H](O)c4ccc(-n5cnnn5)nn4)CC3)C2=O)CO1. The van der Waals surface area contributed by atoms with Gasteiger partial charge in [-0.15, -0.1) is 10.2 Å². The molecule has 3 aliphatic heterocycles. The van der Waals surface area contributed by atoms with E-state index in [1.165, 1.54) is 22.0 Å². The van der Waals surface area contributed by atoms with Crippen molar-refractivity contribution in [3.05, 3.63) is 48.2 Å². The Labute approximate surface area is 176 Å². The number of cyclic esters (lactones) is 1. The van der Waals surface area contributed by atoms with Crippen molar-refractivity contribution in [2.45, 2.75) is 18.9 Å². The summed E-state index contributed by atoms with van der Waals surface area (Å²) in [4.78, 5) is 28.0. The molecule has 1 fully saturated rings. The van der Waals surface area contributed by atoms with Gasteiger partial charge in [0.05, 0.1) is 16.8 Å². The number of ether oxygens (including phenoxy) is 1. The number of esters is 1. The average Bonchev–Trinajstić information content (AvgIpc) is 3.53. The van der Waals surface area contributed by atoms with E-state index in [9.17, 15) is 14.7 Å². The molecule has 0 unspecified atom stereocenters. The smallest absolute Gasteiger partial charge is 0.333 e. The van der Waals surface area contributed by atoms with Gasteiger partial charge in [0.25, 0.3) is 0 Å². The number of hydrogen-bond donors (Lipinski definition) is 1. The van der Waals surface area contributed by atoms with Crippen molar-refractivity contribution in [1.82, 2.24) is 40.2 Å². The van der Waals surface area contributed by atoms with Crippen molar-refractivity contribution >= 4 is 11.9 Å². The molecule has 31 heavy (non-hydrogen) atoms. The molecule has 0 radical (unpaired) electrons. The molecule has 0 aromatic carbocycles. The summed E-state index contributed by atoms with van der Waals surface area (Å²) in [5.41, 5.74) is 0.462. The van der Waals surface area contributed by atoms with E-state index < -0.39 is 17.5 Å². The second-order valence-electron chi connectivity index (χ2n) is 7.78. The largest absolute Gasteiger partial charge is 0.456 e. The maximum absolute atomic E-state index is 13.0. The summed E-state index contributed by atoms with van der Waals surface area (Å²) in [6.07, 6.45) is 6.91. The summed E-state index contributed by atoms with van der Waals surface area (Å²) in [6.45, 7) is 1.83. The number of likely N-dealkylation sites (tertiary alicyclic amines) is 1. The number of nitrogens with zero attached hydrogens (tertiary/aromatic N) is 8. The van der Waals surface area contributed by atoms with Crippen LogP contribution in [0, 0.1) is 5.41 Å².